The Balaban J connectivity index is 4.18. The zero-order chi connectivity index (χ0) is 12.8. The van der Waals surface area contributed by atoms with Crippen molar-refractivity contribution in [3.63, 3.8) is 0 Å². The first kappa shape index (κ1) is 15.7. The van der Waals surface area contributed by atoms with Gasteiger partial charge in [-0.05, 0) is 27.0 Å². The number of aliphatic hydroxyl groups is 1. The molecule has 0 heterocycles. The maximum Gasteiger partial charge on any atom is 0.312 e. The predicted molar refractivity (Wildman–Crippen MR) is 67.7 cm³/mol. The van der Waals surface area contributed by atoms with Gasteiger partial charge >= 0.3 is 5.97 Å². The Morgan fingerprint density at radius 2 is 2.12 bits per heavy atom. The van der Waals surface area contributed by atoms with Crippen LogP contribution >= 0.6 is 11.8 Å². The van der Waals surface area contributed by atoms with Crippen molar-refractivity contribution in [2.75, 3.05) is 26.5 Å². The first-order valence-electron chi connectivity index (χ1n) is 5.34. The molecule has 0 rings (SSSR count). The van der Waals surface area contributed by atoms with E-state index in [9.17, 15) is 4.79 Å². The summed E-state index contributed by atoms with van der Waals surface area (Å²) >= 11 is 1.61. The van der Waals surface area contributed by atoms with Crippen LogP contribution in [0.3, 0.4) is 0 Å². The molecule has 0 aliphatic carbocycles. The third-order valence-electron chi connectivity index (χ3n) is 2.64. The van der Waals surface area contributed by atoms with E-state index in [4.69, 9.17) is 9.84 Å². The van der Waals surface area contributed by atoms with Gasteiger partial charge in [-0.1, -0.05) is 0 Å². The van der Waals surface area contributed by atoms with Crippen LogP contribution < -0.4 is 5.32 Å². The summed E-state index contributed by atoms with van der Waals surface area (Å²) in [6.07, 6.45) is 1.96. The molecule has 0 aliphatic rings. The highest BCUT2D eigenvalue weighted by Gasteiger charge is 2.29. The fourth-order valence-corrected chi connectivity index (χ4v) is 1.99. The predicted octanol–water partition coefficient (Wildman–Crippen LogP) is 0.888. The number of carbonyl (C=O) groups is 1. The van der Waals surface area contributed by atoms with Crippen molar-refractivity contribution < 1.29 is 14.6 Å². The molecule has 5 heteroatoms. The van der Waals surface area contributed by atoms with Gasteiger partial charge in [0.05, 0.1) is 19.1 Å². The molecule has 0 spiro atoms. The highest BCUT2D eigenvalue weighted by Crippen LogP contribution is 2.17. The largest absolute Gasteiger partial charge is 0.469 e. The molecule has 96 valence electrons. The van der Waals surface area contributed by atoms with Crippen molar-refractivity contribution >= 4 is 17.7 Å². The molecule has 0 saturated carbocycles. The number of methoxy groups -OCH3 is 1. The molecule has 0 fully saturated rings. The molecule has 0 aromatic rings. The highest BCUT2D eigenvalue weighted by molar-refractivity contribution is 7.99. The molecule has 2 unspecified atom stereocenters. The second kappa shape index (κ2) is 7.14. The van der Waals surface area contributed by atoms with Gasteiger partial charge in [-0.3, -0.25) is 4.79 Å². The van der Waals surface area contributed by atoms with Gasteiger partial charge in [0.2, 0.25) is 0 Å². The Morgan fingerprint density at radius 1 is 1.56 bits per heavy atom. The average molecular weight is 249 g/mol. The summed E-state index contributed by atoms with van der Waals surface area (Å²) in [6, 6.07) is 0.156. The van der Waals surface area contributed by atoms with Crippen LogP contribution in [-0.2, 0) is 9.53 Å². The molecule has 0 saturated heterocycles. The van der Waals surface area contributed by atoms with E-state index in [-0.39, 0.29) is 23.9 Å². The monoisotopic (exact) mass is 249 g/mol. The number of rotatable bonds is 7. The maximum absolute atomic E-state index is 11.4. The molecule has 4 nitrogen and oxygen atoms in total. The topological polar surface area (TPSA) is 58.6 Å². The van der Waals surface area contributed by atoms with Gasteiger partial charge in [-0.2, -0.15) is 11.8 Å². The van der Waals surface area contributed by atoms with E-state index in [1.807, 2.05) is 27.0 Å². The van der Waals surface area contributed by atoms with Crippen LogP contribution in [0.5, 0.6) is 0 Å². The van der Waals surface area contributed by atoms with Crippen molar-refractivity contribution in [2.24, 2.45) is 5.41 Å². The van der Waals surface area contributed by atoms with Crippen molar-refractivity contribution in [3.05, 3.63) is 0 Å². The number of carbonyl (C=O) groups excluding carboxylic acids is 1. The molecule has 0 aromatic heterocycles. The van der Waals surface area contributed by atoms with Crippen LogP contribution in [0.2, 0.25) is 0 Å². The Labute approximate surface area is 102 Å². The lowest BCUT2D eigenvalue weighted by molar-refractivity contribution is -0.150. The van der Waals surface area contributed by atoms with Crippen molar-refractivity contribution in [3.8, 4) is 0 Å². The van der Waals surface area contributed by atoms with Crippen molar-refractivity contribution in [1.82, 2.24) is 5.32 Å². The highest BCUT2D eigenvalue weighted by atomic mass is 32.2. The van der Waals surface area contributed by atoms with Gasteiger partial charge in [-0.15, -0.1) is 0 Å². The molecule has 2 atom stereocenters. The van der Waals surface area contributed by atoms with Crippen LogP contribution in [0.1, 0.15) is 20.8 Å². The SMILES string of the molecule is COC(=O)C(C)(C)CNC(C)C(CO)SC. The van der Waals surface area contributed by atoms with E-state index in [0.717, 1.165) is 0 Å². The number of esters is 1. The zero-order valence-corrected chi connectivity index (χ0v) is 11.6. The Morgan fingerprint density at radius 3 is 2.50 bits per heavy atom. The Kier molecular flexibility index (Phi) is 7.03. The fourth-order valence-electron chi connectivity index (χ4n) is 1.33. The van der Waals surface area contributed by atoms with Crippen LogP contribution in [0.4, 0.5) is 0 Å². The molecule has 0 aromatic carbocycles. The lowest BCUT2D eigenvalue weighted by atomic mass is 9.93. The van der Waals surface area contributed by atoms with Crippen LogP contribution in [0.15, 0.2) is 0 Å². The number of hydrogen-bond acceptors (Lipinski definition) is 5. The van der Waals surface area contributed by atoms with Crippen molar-refractivity contribution in [2.45, 2.75) is 32.1 Å². The third-order valence-corrected chi connectivity index (χ3v) is 3.81. The molecular formula is C11H23NO3S. The third kappa shape index (κ3) is 4.72. The number of ether oxygens (including phenoxy) is 1. The maximum atomic E-state index is 11.4. The first-order valence-corrected chi connectivity index (χ1v) is 6.63. The van der Waals surface area contributed by atoms with E-state index >= 15 is 0 Å². The smallest absolute Gasteiger partial charge is 0.312 e. The summed E-state index contributed by atoms with van der Waals surface area (Å²) in [4.78, 5) is 11.4. The second-order valence-electron chi connectivity index (χ2n) is 4.50. The molecule has 0 radical (unpaired) electrons. The summed E-state index contributed by atoms with van der Waals surface area (Å²) in [6.45, 7) is 6.35. The summed E-state index contributed by atoms with van der Waals surface area (Å²) in [5, 5.41) is 12.5. The Bertz CT molecular complexity index is 217. The Hall–Kier alpha value is -0.260. The van der Waals surface area contributed by atoms with Crippen LogP contribution in [0.25, 0.3) is 0 Å². The molecule has 16 heavy (non-hydrogen) atoms. The fraction of sp³-hybridized carbons (Fsp3) is 0.909. The molecule has 2 N–H and O–H groups in total. The average Bonchev–Trinajstić information content (AvgIpc) is 2.27. The van der Waals surface area contributed by atoms with E-state index in [2.05, 4.69) is 5.32 Å². The van der Waals surface area contributed by atoms with Gasteiger partial charge in [-0.25, -0.2) is 0 Å². The zero-order valence-electron chi connectivity index (χ0n) is 10.7. The van der Waals surface area contributed by atoms with Gasteiger partial charge in [0.25, 0.3) is 0 Å². The van der Waals surface area contributed by atoms with E-state index in [0.29, 0.717) is 6.54 Å². The van der Waals surface area contributed by atoms with Crippen LogP contribution in [-0.4, -0.2) is 48.9 Å². The minimum Gasteiger partial charge on any atom is -0.469 e. The van der Waals surface area contributed by atoms with Gasteiger partial charge < -0.3 is 15.2 Å². The number of hydrogen-bond donors (Lipinski definition) is 2. The normalized spacial score (nSPS) is 15.6. The minimum absolute atomic E-state index is 0.133. The quantitative estimate of drug-likeness (QED) is 0.656. The standard InChI is InChI=1S/C11H23NO3S/c1-8(9(6-13)16-5)12-7-11(2,3)10(14)15-4/h8-9,12-13H,6-7H2,1-5H3. The summed E-state index contributed by atoms with van der Waals surface area (Å²) in [5.74, 6) is -0.225. The van der Waals surface area contributed by atoms with Gasteiger partial charge in [0, 0.05) is 17.8 Å². The molecule has 0 amide bonds. The van der Waals surface area contributed by atoms with E-state index in [1.54, 1.807) is 11.8 Å². The van der Waals surface area contributed by atoms with E-state index in [1.165, 1.54) is 7.11 Å². The summed E-state index contributed by atoms with van der Waals surface area (Å²) < 4.78 is 4.73. The summed E-state index contributed by atoms with van der Waals surface area (Å²) in [5.41, 5.74) is -0.540. The summed E-state index contributed by atoms with van der Waals surface area (Å²) in [7, 11) is 1.39. The molecular weight excluding hydrogens is 226 g/mol. The lowest BCUT2D eigenvalue weighted by Crippen LogP contribution is -2.45. The number of thioether (sulfide) groups is 1. The van der Waals surface area contributed by atoms with Crippen LogP contribution in [0, 0.1) is 5.41 Å². The van der Waals surface area contributed by atoms with Gasteiger partial charge in [0.15, 0.2) is 0 Å². The first-order chi connectivity index (χ1) is 7.38. The minimum atomic E-state index is -0.540. The van der Waals surface area contributed by atoms with E-state index < -0.39 is 5.41 Å². The lowest BCUT2D eigenvalue weighted by Gasteiger charge is -2.27. The molecule has 0 bridgehead atoms. The number of nitrogens with one attached hydrogen (secondary N) is 1. The molecule has 0 aliphatic heterocycles. The number of aliphatic hydroxyl groups excluding tert-OH is 1. The van der Waals surface area contributed by atoms with Gasteiger partial charge in [0.1, 0.15) is 0 Å². The second-order valence-corrected chi connectivity index (χ2v) is 5.58. The van der Waals surface area contributed by atoms with Crippen molar-refractivity contribution in [1.29, 1.82) is 0 Å².